The Hall–Kier alpha value is -4.27. The van der Waals surface area contributed by atoms with Gasteiger partial charge in [0, 0.05) is 43.0 Å². The molecule has 190 valence electrons. The van der Waals surface area contributed by atoms with Crippen molar-refractivity contribution in [2.45, 2.75) is 56.8 Å². The smallest absolute Gasteiger partial charge is 0.326 e. The van der Waals surface area contributed by atoms with E-state index >= 15 is 0 Å². The van der Waals surface area contributed by atoms with E-state index in [1.165, 1.54) is 32.0 Å². The van der Waals surface area contributed by atoms with Gasteiger partial charge < -0.3 is 41.9 Å². The van der Waals surface area contributed by atoms with Gasteiger partial charge in [0.1, 0.15) is 18.1 Å². The minimum atomic E-state index is -1.39. The van der Waals surface area contributed by atoms with Gasteiger partial charge in [-0.3, -0.25) is 19.2 Å². The van der Waals surface area contributed by atoms with Gasteiger partial charge in [-0.25, -0.2) is 14.8 Å². The van der Waals surface area contributed by atoms with Gasteiger partial charge in [-0.15, -0.1) is 0 Å². The lowest BCUT2D eigenvalue weighted by Gasteiger charge is -2.24. The van der Waals surface area contributed by atoms with E-state index in [2.05, 4.69) is 35.9 Å². The first-order valence-corrected chi connectivity index (χ1v) is 10.6. The van der Waals surface area contributed by atoms with Crippen LogP contribution in [0.1, 0.15) is 31.2 Å². The van der Waals surface area contributed by atoms with Gasteiger partial charge in [0.2, 0.25) is 17.7 Å². The van der Waals surface area contributed by atoms with Crippen molar-refractivity contribution in [3.63, 3.8) is 0 Å². The molecule has 2 rings (SSSR count). The normalized spacial score (nSPS) is 14.2. The van der Waals surface area contributed by atoms with Crippen molar-refractivity contribution < 1.29 is 34.2 Å². The molecule has 2 aromatic rings. The molecule has 0 aromatic carbocycles. The highest BCUT2D eigenvalue weighted by Crippen LogP contribution is 2.06. The van der Waals surface area contributed by atoms with Crippen LogP contribution in [0.2, 0.25) is 0 Å². The molecule has 0 radical (unpaired) electrons. The number of rotatable bonds is 14. The number of nitrogens with zero attached hydrogens (tertiary/aromatic N) is 2. The van der Waals surface area contributed by atoms with E-state index in [-0.39, 0.29) is 19.3 Å². The number of aliphatic carboxylic acids is 2. The maximum Gasteiger partial charge on any atom is 0.326 e. The van der Waals surface area contributed by atoms with Gasteiger partial charge in [0.15, 0.2) is 0 Å². The molecule has 0 aliphatic heterocycles. The molecule has 15 nitrogen and oxygen atoms in total. The van der Waals surface area contributed by atoms with Gasteiger partial charge in [-0.1, -0.05) is 0 Å². The van der Waals surface area contributed by atoms with Crippen LogP contribution < -0.4 is 21.7 Å². The molecular weight excluding hydrogens is 464 g/mol. The first-order valence-electron chi connectivity index (χ1n) is 10.6. The van der Waals surface area contributed by atoms with Crippen molar-refractivity contribution in [3.05, 3.63) is 36.4 Å². The third-order valence-electron chi connectivity index (χ3n) is 4.90. The lowest BCUT2D eigenvalue weighted by molar-refractivity contribution is -0.143. The van der Waals surface area contributed by atoms with Gasteiger partial charge in [0.05, 0.1) is 18.7 Å². The number of hydrogen-bond acceptors (Lipinski definition) is 8. The summed E-state index contributed by atoms with van der Waals surface area (Å²) in [6, 6.07) is -4.85. The lowest BCUT2D eigenvalue weighted by Crippen LogP contribution is -2.57. The van der Waals surface area contributed by atoms with Crippen molar-refractivity contribution in [3.8, 4) is 0 Å². The molecule has 35 heavy (non-hydrogen) atoms. The Morgan fingerprint density at radius 3 is 1.80 bits per heavy atom. The number of hydrogen-bond donors (Lipinski definition) is 8. The highest BCUT2D eigenvalue weighted by molar-refractivity contribution is 5.94. The first kappa shape index (κ1) is 27.0. The molecule has 4 atom stereocenters. The van der Waals surface area contributed by atoms with Crippen molar-refractivity contribution >= 4 is 29.7 Å². The number of nitrogens with two attached hydrogens (primary N) is 1. The second-order valence-electron chi connectivity index (χ2n) is 7.80. The second kappa shape index (κ2) is 12.8. The number of carbonyl (C=O) groups is 5. The zero-order valence-electron chi connectivity index (χ0n) is 18.9. The fourth-order valence-electron chi connectivity index (χ4n) is 3.03. The largest absolute Gasteiger partial charge is 0.481 e. The topological polar surface area (TPSA) is 245 Å². The number of imidazole rings is 2. The summed E-state index contributed by atoms with van der Waals surface area (Å²) < 4.78 is 0. The molecule has 3 amide bonds. The summed E-state index contributed by atoms with van der Waals surface area (Å²) in [5.74, 6) is -4.87. The Balaban J connectivity index is 2.17. The monoisotopic (exact) mass is 492 g/mol. The average molecular weight is 492 g/mol. The van der Waals surface area contributed by atoms with Gasteiger partial charge >= 0.3 is 11.9 Å². The Morgan fingerprint density at radius 1 is 0.857 bits per heavy atom. The molecular formula is C20H28N8O7. The number of amides is 3. The zero-order valence-corrected chi connectivity index (χ0v) is 18.9. The number of carboxylic acids is 2. The lowest BCUT2D eigenvalue weighted by atomic mass is 10.1. The fourth-order valence-corrected chi connectivity index (χ4v) is 3.03. The number of H-pyrrole nitrogens is 2. The van der Waals surface area contributed by atoms with E-state index in [0.29, 0.717) is 11.4 Å². The third kappa shape index (κ3) is 8.88. The van der Waals surface area contributed by atoms with Crippen LogP contribution in [0.5, 0.6) is 0 Å². The summed E-state index contributed by atoms with van der Waals surface area (Å²) >= 11 is 0. The number of aromatic nitrogens is 4. The summed E-state index contributed by atoms with van der Waals surface area (Å²) in [6.45, 7) is 1.43. The van der Waals surface area contributed by atoms with Crippen LogP contribution in [0, 0.1) is 0 Å². The van der Waals surface area contributed by atoms with Gasteiger partial charge in [0.25, 0.3) is 0 Å². The number of nitrogens with one attached hydrogen (secondary N) is 5. The van der Waals surface area contributed by atoms with E-state index in [4.69, 9.17) is 10.8 Å². The van der Waals surface area contributed by atoms with Crippen molar-refractivity contribution in [1.29, 1.82) is 0 Å². The van der Waals surface area contributed by atoms with Crippen LogP contribution in [0.4, 0.5) is 0 Å². The summed E-state index contributed by atoms with van der Waals surface area (Å²) in [6.07, 6.45) is 4.64. The average Bonchev–Trinajstić information content (AvgIpc) is 3.49. The molecule has 0 spiro atoms. The highest BCUT2D eigenvalue weighted by Gasteiger charge is 2.31. The molecule has 0 saturated heterocycles. The van der Waals surface area contributed by atoms with E-state index < -0.39 is 60.2 Å². The Labute approximate surface area is 199 Å². The molecule has 0 saturated carbocycles. The Kier molecular flexibility index (Phi) is 9.89. The molecule has 0 bridgehead atoms. The van der Waals surface area contributed by atoms with E-state index in [9.17, 15) is 29.1 Å². The molecule has 2 heterocycles. The Bertz CT molecular complexity index is 1010. The first-order chi connectivity index (χ1) is 16.6. The van der Waals surface area contributed by atoms with Crippen LogP contribution >= 0.6 is 0 Å². The molecule has 15 heteroatoms. The van der Waals surface area contributed by atoms with Crippen LogP contribution in [0.25, 0.3) is 0 Å². The third-order valence-corrected chi connectivity index (χ3v) is 4.90. The summed E-state index contributed by atoms with van der Waals surface area (Å²) in [7, 11) is 0. The fraction of sp³-hybridized carbons (Fsp3) is 0.450. The van der Waals surface area contributed by atoms with Crippen LogP contribution in [0.3, 0.4) is 0 Å². The predicted molar refractivity (Wildman–Crippen MR) is 119 cm³/mol. The molecule has 4 unspecified atom stereocenters. The van der Waals surface area contributed by atoms with Crippen LogP contribution in [-0.2, 0) is 36.8 Å². The van der Waals surface area contributed by atoms with Crippen LogP contribution in [0.15, 0.2) is 25.0 Å². The maximum atomic E-state index is 13.0. The number of aromatic amines is 2. The van der Waals surface area contributed by atoms with E-state index in [1.54, 1.807) is 0 Å². The molecule has 9 N–H and O–H groups in total. The van der Waals surface area contributed by atoms with E-state index in [1.807, 2.05) is 0 Å². The standard InChI is InChI=1S/C20H28N8O7/c1-10(21)17(31)27-14(4-11-6-22-8-24-11)19(33)26-13(2-3-16(29)30)18(32)28-15(20(34)35)5-12-7-23-9-25-12/h6-10,13-15H,2-5,21H2,1H3,(H,22,24)(H,23,25)(H,26,33)(H,27,31)(H,28,32)(H,29,30)(H,34,35). The maximum absolute atomic E-state index is 13.0. The van der Waals surface area contributed by atoms with Gasteiger partial charge in [-0.05, 0) is 13.3 Å². The van der Waals surface area contributed by atoms with Crippen molar-refractivity contribution in [1.82, 2.24) is 35.9 Å². The molecule has 0 aliphatic rings. The summed E-state index contributed by atoms with van der Waals surface area (Å²) in [4.78, 5) is 73.9. The quantitative estimate of drug-likeness (QED) is 0.140. The van der Waals surface area contributed by atoms with Crippen molar-refractivity contribution in [2.24, 2.45) is 5.73 Å². The van der Waals surface area contributed by atoms with Crippen molar-refractivity contribution in [2.75, 3.05) is 0 Å². The minimum Gasteiger partial charge on any atom is -0.481 e. The molecule has 0 aliphatic carbocycles. The van der Waals surface area contributed by atoms with E-state index in [0.717, 1.165) is 0 Å². The summed E-state index contributed by atoms with van der Waals surface area (Å²) in [5.41, 5.74) is 6.52. The zero-order chi connectivity index (χ0) is 26.0. The molecule has 0 fully saturated rings. The summed E-state index contributed by atoms with van der Waals surface area (Å²) in [5, 5.41) is 25.7. The highest BCUT2D eigenvalue weighted by atomic mass is 16.4. The van der Waals surface area contributed by atoms with Gasteiger partial charge in [-0.2, -0.15) is 0 Å². The number of carboxylic acid groups (broad SMARTS) is 2. The minimum absolute atomic E-state index is 0.0187. The van der Waals surface area contributed by atoms with Crippen LogP contribution in [-0.4, -0.2) is 84.0 Å². The predicted octanol–water partition coefficient (Wildman–Crippen LogP) is -2.33. The SMILES string of the molecule is CC(N)C(=O)NC(Cc1cnc[nH]1)C(=O)NC(CCC(=O)O)C(=O)NC(Cc1cnc[nH]1)C(=O)O. The molecule has 2 aromatic heterocycles. The second-order valence-corrected chi connectivity index (χ2v) is 7.80. The Morgan fingerprint density at radius 2 is 1.34 bits per heavy atom. The number of carbonyl (C=O) groups excluding carboxylic acids is 3.